The van der Waals surface area contributed by atoms with Gasteiger partial charge in [-0.3, -0.25) is 0 Å². The molecule has 0 saturated heterocycles. The van der Waals surface area contributed by atoms with Gasteiger partial charge < -0.3 is 14.2 Å². The number of fused-ring (bicyclic) bond motifs is 16. The Morgan fingerprint density at radius 3 is 1.17 bits per heavy atom. The van der Waals surface area contributed by atoms with Crippen LogP contribution in [-0.2, 0) is 5.41 Å². The van der Waals surface area contributed by atoms with E-state index in [0.29, 0.717) is 0 Å². The van der Waals surface area contributed by atoms with E-state index in [1.165, 1.54) is 94.6 Å². The second-order valence-corrected chi connectivity index (χ2v) is 20.5. The van der Waals surface area contributed by atoms with Crippen molar-refractivity contribution in [3.8, 4) is 33.4 Å². The molecule has 10 aromatic carbocycles. The Hall–Kier alpha value is -8.40. The molecule has 0 fully saturated rings. The molecule has 0 bridgehead atoms. The van der Waals surface area contributed by atoms with Crippen LogP contribution in [0.25, 0.3) is 55.3 Å². The highest BCUT2D eigenvalue weighted by molar-refractivity contribution is 6.13. The number of benzene rings is 10. The number of hydrogen-bond donors (Lipinski definition) is 0. The summed E-state index contributed by atoms with van der Waals surface area (Å²) in [5, 5.41) is 2.25. The van der Waals surface area contributed by atoms with Gasteiger partial charge in [0, 0.05) is 50.5 Å². The molecular formula is C69H56N2O. The maximum atomic E-state index is 7.08. The van der Waals surface area contributed by atoms with E-state index < -0.39 is 5.41 Å². The van der Waals surface area contributed by atoms with Crippen LogP contribution in [0.15, 0.2) is 199 Å². The molecule has 0 amide bonds. The van der Waals surface area contributed by atoms with E-state index in [4.69, 9.17) is 4.42 Å². The lowest BCUT2D eigenvalue weighted by atomic mass is 9.65. The van der Waals surface area contributed by atoms with E-state index in [2.05, 4.69) is 259 Å². The quantitative estimate of drug-likeness (QED) is 0.166. The summed E-state index contributed by atoms with van der Waals surface area (Å²) in [5.74, 6) is 0. The van der Waals surface area contributed by atoms with E-state index >= 15 is 0 Å². The molecular weight excluding hydrogens is 873 g/mol. The average molecular weight is 929 g/mol. The summed E-state index contributed by atoms with van der Waals surface area (Å²) in [6, 6.07) is 73.6. The molecule has 1 aromatic heterocycles. The number of anilines is 6. The van der Waals surface area contributed by atoms with Crippen LogP contribution in [0, 0.1) is 55.4 Å². The molecule has 1 spiro atoms. The minimum absolute atomic E-state index is 0.815. The van der Waals surface area contributed by atoms with Crippen molar-refractivity contribution >= 4 is 56.1 Å². The summed E-state index contributed by atoms with van der Waals surface area (Å²) in [6.07, 6.45) is 0. The zero-order chi connectivity index (χ0) is 49.2. The van der Waals surface area contributed by atoms with Crippen LogP contribution in [0.5, 0.6) is 0 Å². The van der Waals surface area contributed by atoms with Gasteiger partial charge in [-0.25, -0.2) is 0 Å². The van der Waals surface area contributed by atoms with Gasteiger partial charge in [0.15, 0.2) is 0 Å². The van der Waals surface area contributed by atoms with Crippen LogP contribution in [-0.4, -0.2) is 0 Å². The standard InChI is InChI=1S/C69H56N2O/c1-41-21-25-49(35-45(41)5)70(50-26-22-42(2)46(6)36-50)53-29-31-57-55-15-9-10-16-56(55)58-32-30-54(71(51-27-23-43(3)47(7)37-51)52-28-24-44(4)48(8)38-52)40-65(58)69(64(57)39-53)62-19-13-11-18-61(62)67-63(69)34-33-60-59-17-12-14-20-66(59)72-68(60)67/h9-40H,1-8H3. The van der Waals surface area contributed by atoms with E-state index in [1.807, 2.05) is 0 Å². The van der Waals surface area contributed by atoms with Crippen LogP contribution < -0.4 is 9.80 Å². The van der Waals surface area contributed by atoms with Crippen LogP contribution >= 0.6 is 0 Å². The van der Waals surface area contributed by atoms with Gasteiger partial charge in [0.1, 0.15) is 11.2 Å². The topological polar surface area (TPSA) is 19.6 Å². The Bertz CT molecular complexity index is 3770. The summed E-state index contributed by atoms with van der Waals surface area (Å²) in [7, 11) is 0. The minimum Gasteiger partial charge on any atom is -0.455 e. The van der Waals surface area contributed by atoms with Gasteiger partial charge in [-0.1, -0.05) is 115 Å². The first-order valence-corrected chi connectivity index (χ1v) is 25.3. The number of hydrogen-bond acceptors (Lipinski definition) is 3. The second kappa shape index (κ2) is 16.3. The Kier molecular flexibility index (Phi) is 9.89. The Labute approximate surface area is 423 Å². The number of nitrogens with zero attached hydrogens (tertiary/aromatic N) is 2. The Balaban J connectivity index is 1.19. The van der Waals surface area contributed by atoms with Crippen LogP contribution in [0.1, 0.15) is 66.8 Å². The molecule has 0 saturated carbocycles. The zero-order valence-electron chi connectivity index (χ0n) is 42.3. The van der Waals surface area contributed by atoms with Crippen molar-refractivity contribution in [1.29, 1.82) is 0 Å². The van der Waals surface area contributed by atoms with Gasteiger partial charge >= 0.3 is 0 Å². The highest BCUT2D eigenvalue weighted by atomic mass is 16.3. The third-order valence-electron chi connectivity index (χ3n) is 16.4. The van der Waals surface area contributed by atoms with Crippen LogP contribution in [0.3, 0.4) is 0 Å². The molecule has 2 aliphatic carbocycles. The first-order chi connectivity index (χ1) is 35.0. The average Bonchev–Trinajstić information content (AvgIpc) is 3.89. The lowest BCUT2D eigenvalue weighted by Gasteiger charge is -2.37. The second-order valence-electron chi connectivity index (χ2n) is 20.5. The molecule has 0 N–H and O–H groups in total. The summed E-state index contributed by atoms with van der Waals surface area (Å²) in [6.45, 7) is 17.7. The molecule has 0 atom stereocenters. The van der Waals surface area contributed by atoms with E-state index in [1.54, 1.807) is 0 Å². The molecule has 348 valence electrons. The van der Waals surface area contributed by atoms with Gasteiger partial charge in [0.25, 0.3) is 0 Å². The third-order valence-corrected chi connectivity index (χ3v) is 16.4. The normalized spacial score (nSPS) is 12.8. The third kappa shape index (κ3) is 6.43. The molecule has 72 heavy (non-hydrogen) atoms. The maximum absolute atomic E-state index is 7.08. The summed E-state index contributed by atoms with van der Waals surface area (Å²) >= 11 is 0. The number of para-hydroxylation sites is 1. The molecule has 11 aromatic rings. The van der Waals surface area contributed by atoms with E-state index in [0.717, 1.165) is 61.6 Å². The van der Waals surface area contributed by atoms with Gasteiger partial charge in [0.2, 0.25) is 0 Å². The van der Waals surface area contributed by atoms with E-state index in [-0.39, 0.29) is 0 Å². The van der Waals surface area contributed by atoms with Gasteiger partial charge in [0.05, 0.1) is 5.41 Å². The smallest absolute Gasteiger partial charge is 0.143 e. The lowest BCUT2D eigenvalue weighted by molar-refractivity contribution is 0.669. The highest BCUT2D eigenvalue weighted by Gasteiger charge is 2.51. The molecule has 1 heterocycles. The summed E-state index contributed by atoms with van der Waals surface area (Å²) in [5.41, 5.74) is 29.9. The minimum atomic E-state index is -0.815. The van der Waals surface area contributed by atoms with Crippen molar-refractivity contribution in [3.05, 3.63) is 261 Å². The van der Waals surface area contributed by atoms with Crippen molar-refractivity contribution < 1.29 is 4.42 Å². The number of aryl methyl sites for hydroxylation is 8. The molecule has 2 aliphatic rings. The predicted molar refractivity (Wildman–Crippen MR) is 303 cm³/mol. The first-order valence-electron chi connectivity index (χ1n) is 25.3. The fourth-order valence-electron chi connectivity index (χ4n) is 12.0. The fraction of sp³-hybridized carbons (Fsp3) is 0.130. The molecule has 13 rings (SSSR count). The van der Waals surface area contributed by atoms with Crippen molar-refractivity contribution in [3.63, 3.8) is 0 Å². The summed E-state index contributed by atoms with van der Waals surface area (Å²) < 4.78 is 7.08. The monoisotopic (exact) mass is 928 g/mol. The lowest BCUT2D eigenvalue weighted by Crippen LogP contribution is -2.30. The molecule has 0 radical (unpaired) electrons. The first kappa shape index (κ1) is 43.6. The highest BCUT2D eigenvalue weighted by Crippen LogP contribution is 2.64. The zero-order valence-corrected chi connectivity index (χ0v) is 42.3. The molecule has 3 heteroatoms. The fourth-order valence-corrected chi connectivity index (χ4v) is 12.0. The number of furan rings is 1. The van der Waals surface area contributed by atoms with Crippen LogP contribution in [0.2, 0.25) is 0 Å². The predicted octanol–water partition coefficient (Wildman–Crippen LogP) is 19.0. The number of rotatable bonds is 6. The van der Waals surface area contributed by atoms with Crippen LogP contribution in [0.4, 0.5) is 34.1 Å². The van der Waals surface area contributed by atoms with E-state index in [9.17, 15) is 0 Å². The summed E-state index contributed by atoms with van der Waals surface area (Å²) in [4.78, 5) is 4.93. The van der Waals surface area contributed by atoms with Crippen molar-refractivity contribution in [1.82, 2.24) is 0 Å². The van der Waals surface area contributed by atoms with Gasteiger partial charge in [-0.15, -0.1) is 0 Å². The largest absolute Gasteiger partial charge is 0.455 e. The molecule has 0 unspecified atom stereocenters. The van der Waals surface area contributed by atoms with Crippen molar-refractivity contribution in [2.45, 2.75) is 60.8 Å². The molecule has 3 nitrogen and oxygen atoms in total. The molecule has 0 aliphatic heterocycles. The maximum Gasteiger partial charge on any atom is 0.143 e. The Morgan fingerprint density at radius 1 is 0.292 bits per heavy atom. The SMILES string of the molecule is Cc1ccc(N(c2ccc(C)c(C)c2)c2ccc3c(c2)C2(c4cc(N(c5ccc(C)c(C)c5)c5ccc(C)c(C)c5)ccc4-c4ccccc4-3)c3ccccc3-c3c2ccc2c3oc3ccccc32)cc1C. The Morgan fingerprint density at radius 2 is 0.694 bits per heavy atom. The van der Waals surface area contributed by atoms with Crippen molar-refractivity contribution in [2.75, 3.05) is 9.80 Å². The van der Waals surface area contributed by atoms with Gasteiger partial charge in [-0.2, -0.15) is 0 Å². The van der Waals surface area contributed by atoms with Gasteiger partial charge in [-0.05, 0) is 229 Å². The van der Waals surface area contributed by atoms with Crippen molar-refractivity contribution in [2.24, 2.45) is 0 Å².